The zero-order chi connectivity index (χ0) is 22.6. The number of anilines is 1. The van der Waals surface area contributed by atoms with Gasteiger partial charge in [0.2, 0.25) is 21.8 Å². The number of carbonyl (C=O) groups is 2. The number of nitrogens with one attached hydrogen (secondary N) is 1. The minimum Gasteiger partial charge on any atom is -0.330 e. The summed E-state index contributed by atoms with van der Waals surface area (Å²) < 4.78 is 26.3. The van der Waals surface area contributed by atoms with Crippen LogP contribution in [-0.2, 0) is 19.6 Å². The molecule has 10 heteroatoms. The third-order valence-electron chi connectivity index (χ3n) is 5.92. The molecule has 1 aromatic carbocycles. The first-order valence-electron chi connectivity index (χ1n) is 10.8. The Morgan fingerprint density at radius 1 is 1.06 bits per heavy atom. The van der Waals surface area contributed by atoms with Gasteiger partial charge in [-0.25, -0.2) is 12.7 Å². The van der Waals surface area contributed by atoms with E-state index in [0.717, 1.165) is 12.8 Å². The second-order valence-electron chi connectivity index (χ2n) is 8.18. The molecule has 3 rings (SSSR count). The summed E-state index contributed by atoms with van der Waals surface area (Å²) in [5, 5.41) is 3.65. The van der Waals surface area contributed by atoms with Crippen LogP contribution < -0.4 is 5.32 Å². The van der Waals surface area contributed by atoms with E-state index in [0.29, 0.717) is 61.1 Å². The topological polar surface area (TPSA) is 86.8 Å². The second kappa shape index (κ2) is 10.5. The quantitative estimate of drug-likeness (QED) is 0.631. The Bertz CT molecular complexity index is 897. The van der Waals surface area contributed by atoms with Gasteiger partial charge in [-0.15, -0.1) is 0 Å². The van der Waals surface area contributed by atoms with Crippen molar-refractivity contribution in [2.75, 3.05) is 30.7 Å². The number of rotatable bonds is 7. The molecule has 0 bridgehead atoms. The van der Waals surface area contributed by atoms with Gasteiger partial charge >= 0.3 is 0 Å². The summed E-state index contributed by atoms with van der Waals surface area (Å²) in [5.74, 6) is -0.424. The number of amides is 2. The molecular weight excluding hydrogens is 461 g/mol. The van der Waals surface area contributed by atoms with E-state index in [2.05, 4.69) is 5.32 Å². The highest BCUT2D eigenvalue weighted by molar-refractivity contribution is 7.89. The van der Waals surface area contributed by atoms with Crippen molar-refractivity contribution in [2.24, 2.45) is 5.92 Å². The second-order valence-corrected chi connectivity index (χ2v) is 11.1. The van der Waals surface area contributed by atoms with E-state index in [1.54, 1.807) is 23.1 Å². The predicted molar refractivity (Wildman–Crippen MR) is 123 cm³/mol. The smallest absolute Gasteiger partial charge is 0.247 e. The van der Waals surface area contributed by atoms with Crippen molar-refractivity contribution < 1.29 is 18.0 Å². The number of hydrogen-bond acceptors (Lipinski definition) is 4. The largest absolute Gasteiger partial charge is 0.330 e. The normalized spacial score (nSPS) is 20.7. The number of halogens is 2. The van der Waals surface area contributed by atoms with Gasteiger partial charge < -0.3 is 10.2 Å². The van der Waals surface area contributed by atoms with Gasteiger partial charge in [-0.3, -0.25) is 9.59 Å². The number of hydrogen-bond donors (Lipinski definition) is 1. The summed E-state index contributed by atoms with van der Waals surface area (Å²) in [4.78, 5) is 27.6. The monoisotopic (exact) mass is 489 g/mol. The van der Waals surface area contributed by atoms with Crippen molar-refractivity contribution in [3.8, 4) is 0 Å². The molecule has 2 fully saturated rings. The van der Waals surface area contributed by atoms with Crippen LogP contribution in [-0.4, -0.2) is 60.9 Å². The van der Waals surface area contributed by atoms with Crippen molar-refractivity contribution in [2.45, 2.75) is 51.5 Å². The Labute approximate surface area is 194 Å². The number of likely N-dealkylation sites (tertiary alicyclic amines) is 1. The van der Waals surface area contributed by atoms with Crippen molar-refractivity contribution >= 4 is 50.7 Å². The predicted octanol–water partition coefficient (Wildman–Crippen LogP) is 3.76. The Kier molecular flexibility index (Phi) is 8.24. The first-order chi connectivity index (χ1) is 14.7. The third-order valence-corrected chi connectivity index (χ3v) is 8.31. The SMILES string of the molecule is CCCCS(=O)(=O)N1CCC(C(=O)N2CCCC2C(=O)Nc2cc(Cl)cc(Cl)c2)CC1. The molecule has 31 heavy (non-hydrogen) atoms. The Balaban J connectivity index is 1.59. The van der Waals surface area contributed by atoms with Crippen molar-refractivity contribution in [1.29, 1.82) is 0 Å². The molecule has 0 aliphatic carbocycles. The Morgan fingerprint density at radius 2 is 1.71 bits per heavy atom. The molecule has 2 heterocycles. The molecule has 1 unspecified atom stereocenters. The van der Waals surface area contributed by atoms with Crippen molar-refractivity contribution in [3.63, 3.8) is 0 Å². The van der Waals surface area contributed by atoms with Crippen LogP contribution >= 0.6 is 23.2 Å². The molecule has 0 aromatic heterocycles. The van der Waals surface area contributed by atoms with Crippen LogP contribution in [0.5, 0.6) is 0 Å². The lowest BCUT2D eigenvalue weighted by atomic mass is 9.96. The number of carbonyl (C=O) groups excluding carboxylic acids is 2. The molecule has 1 atom stereocenters. The van der Waals surface area contributed by atoms with Gasteiger partial charge in [0, 0.05) is 41.3 Å². The molecule has 0 saturated carbocycles. The highest BCUT2D eigenvalue weighted by Crippen LogP contribution is 2.28. The van der Waals surface area contributed by atoms with Crippen LogP contribution in [0.25, 0.3) is 0 Å². The zero-order valence-electron chi connectivity index (χ0n) is 17.6. The lowest BCUT2D eigenvalue weighted by Gasteiger charge is -2.34. The first kappa shape index (κ1) is 24.3. The van der Waals surface area contributed by atoms with E-state index < -0.39 is 16.1 Å². The van der Waals surface area contributed by atoms with Gasteiger partial charge in [0.15, 0.2) is 0 Å². The molecule has 1 N–H and O–H groups in total. The third kappa shape index (κ3) is 6.12. The van der Waals surface area contributed by atoms with Crippen LogP contribution in [0.2, 0.25) is 10.0 Å². The highest BCUT2D eigenvalue weighted by Gasteiger charge is 2.39. The average molecular weight is 490 g/mol. The summed E-state index contributed by atoms with van der Waals surface area (Å²) in [6, 6.07) is 4.26. The maximum absolute atomic E-state index is 13.1. The maximum atomic E-state index is 13.1. The number of unbranched alkanes of at least 4 members (excludes halogenated alkanes) is 1. The first-order valence-corrected chi connectivity index (χ1v) is 13.1. The molecule has 7 nitrogen and oxygen atoms in total. The van der Waals surface area contributed by atoms with Crippen LogP contribution in [0.4, 0.5) is 5.69 Å². The summed E-state index contributed by atoms with van der Waals surface area (Å²) in [6.45, 7) is 3.20. The van der Waals surface area contributed by atoms with E-state index >= 15 is 0 Å². The molecule has 0 spiro atoms. The van der Waals surface area contributed by atoms with E-state index in [-0.39, 0.29) is 23.5 Å². The summed E-state index contributed by atoms with van der Waals surface area (Å²) >= 11 is 12.0. The van der Waals surface area contributed by atoms with Crippen molar-refractivity contribution in [3.05, 3.63) is 28.2 Å². The molecule has 1 aromatic rings. The lowest BCUT2D eigenvalue weighted by molar-refractivity contribution is -0.141. The average Bonchev–Trinajstić information content (AvgIpc) is 3.21. The zero-order valence-corrected chi connectivity index (χ0v) is 20.0. The van der Waals surface area contributed by atoms with Gasteiger partial charge in [0.1, 0.15) is 6.04 Å². The highest BCUT2D eigenvalue weighted by atomic mass is 35.5. The van der Waals surface area contributed by atoms with Crippen LogP contribution in [0, 0.1) is 5.92 Å². The number of nitrogens with zero attached hydrogens (tertiary/aromatic N) is 2. The fourth-order valence-electron chi connectivity index (χ4n) is 4.23. The molecule has 0 radical (unpaired) electrons. The van der Waals surface area contributed by atoms with Crippen LogP contribution in [0.1, 0.15) is 45.4 Å². The fourth-order valence-corrected chi connectivity index (χ4v) is 6.43. The number of sulfonamides is 1. The van der Waals surface area contributed by atoms with Crippen LogP contribution in [0.15, 0.2) is 18.2 Å². The molecule has 2 amide bonds. The lowest BCUT2D eigenvalue weighted by Crippen LogP contribution is -2.48. The molecule has 172 valence electrons. The Hall–Kier alpha value is -1.35. The summed E-state index contributed by atoms with van der Waals surface area (Å²) in [6.07, 6.45) is 3.79. The van der Waals surface area contributed by atoms with Crippen molar-refractivity contribution in [1.82, 2.24) is 9.21 Å². The number of piperidine rings is 1. The van der Waals surface area contributed by atoms with E-state index in [4.69, 9.17) is 23.2 Å². The van der Waals surface area contributed by atoms with Gasteiger partial charge in [-0.2, -0.15) is 0 Å². The van der Waals surface area contributed by atoms with Gasteiger partial charge in [-0.05, 0) is 50.3 Å². The van der Waals surface area contributed by atoms with Gasteiger partial charge in [0.05, 0.1) is 5.75 Å². The minimum absolute atomic E-state index is 0.0626. The van der Waals surface area contributed by atoms with Gasteiger partial charge in [-0.1, -0.05) is 36.5 Å². The summed E-state index contributed by atoms with van der Waals surface area (Å²) in [7, 11) is -3.26. The number of benzene rings is 1. The van der Waals surface area contributed by atoms with E-state index in [9.17, 15) is 18.0 Å². The van der Waals surface area contributed by atoms with Crippen LogP contribution in [0.3, 0.4) is 0 Å². The summed E-state index contributed by atoms with van der Waals surface area (Å²) in [5.41, 5.74) is 0.493. The van der Waals surface area contributed by atoms with E-state index in [1.807, 2.05) is 6.92 Å². The minimum atomic E-state index is -3.26. The molecule has 2 saturated heterocycles. The molecule has 2 aliphatic heterocycles. The molecular formula is C21H29Cl2N3O4S. The van der Waals surface area contributed by atoms with E-state index in [1.165, 1.54) is 4.31 Å². The maximum Gasteiger partial charge on any atom is 0.247 e. The molecule has 2 aliphatic rings. The standard InChI is InChI=1S/C21H29Cl2N3O4S/c1-2-3-11-31(29,30)25-9-6-15(7-10-25)21(28)26-8-4-5-19(26)20(27)24-18-13-16(22)12-17(23)14-18/h12-15,19H,2-11H2,1H3,(H,24,27). The van der Waals surface area contributed by atoms with Gasteiger partial charge in [0.25, 0.3) is 0 Å². The Morgan fingerprint density at radius 3 is 2.32 bits per heavy atom. The fraction of sp³-hybridized carbons (Fsp3) is 0.619.